The van der Waals surface area contributed by atoms with E-state index in [0.29, 0.717) is 24.5 Å². The van der Waals surface area contributed by atoms with Crippen LogP contribution in [0, 0.1) is 5.41 Å². The Labute approximate surface area is 227 Å². The average molecular weight is 551 g/mol. The first-order valence-corrected chi connectivity index (χ1v) is 12.7. The van der Waals surface area contributed by atoms with Crippen LogP contribution in [-0.2, 0) is 22.2 Å². The van der Waals surface area contributed by atoms with Crippen LogP contribution >= 0.6 is 0 Å². The molecule has 1 N–H and O–H groups in total. The van der Waals surface area contributed by atoms with Crippen molar-refractivity contribution in [2.75, 3.05) is 41.4 Å². The normalized spacial score (nSPS) is 22.6. The summed E-state index contributed by atoms with van der Waals surface area (Å²) >= 11 is 0. The van der Waals surface area contributed by atoms with Gasteiger partial charge in [-0.1, -0.05) is 18.2 Å². The summed E-state index contributed by atoms with van der Waals surface area (Å²) in [5.74, 6) is -1.10. The summed E-state index contributed by atoms with van der Waals surface area (Å²) in [6.07, 6.45) is -4.89. The highest BCUT2D eigenvalue weighted by Gasteiger charge is 2.63. The van der Waals surface area contributed by atoms with Crippen molar-refractivity contribution < 1.29 is 32.3 Å². The first kappa shape index (κ1) is 25.7. The number of imide groups is 2. The Bertz CT molecular complexity index is 1500. The summed E-state index contributed by atoms with van der Waals surface area (Å²) in [6, 6.07) is 17.5. The van der Waals surface area contributed by atoms with Gasteiger partial charge in [-0.25, -0.2) is 9.69 Å². The topological polar surface area (TPSA) is 82.2 Å². The second-order valence-corrected chi connectivity index (χ2v) is 10.1. The molecule has 2 saturated heterocycles. The Morgan fingerprint density at radius 1 is 0.925 bits per heavy atom. The molecule has 40 heavy (non-hydrogen) atoms. The quantitative estimate of drug-likeness (QED) is 0.492. The lowest BCUT2D eigenvalue weighted by molar-refractivity contribution is -0.144. The van der Waals surface area contributed by atoms with Crippen molar-refractivity contribution in [3.05, 3.63) is 83.9 Å². The van der Waals surface area contributed by atoms with Crippen LogP contribution < -0.4 is 24.8 Å². The SMILES string of the molecule is COc1ccc(N2C(=O)NC(=O)[C@@]3(Cc4cc(C(F)(F)F)ccc4N4CCN(c5ccccc5)C[C@H]43)C2=O)cc1. The lowest BCUT2D eigenvalue weighted by atomic mass is 9.67. The van der Waals surface area contributed by atoms with E-state index in [1.54, 1.807) is 12.1 Å². The Balaban J connectivity index is 1.49. The number of hydrogen-bond donors (Lipinski definition) is 1. The number of methoxy groups -OCH3 is 1. The highest BCUT2D eigenvalue weighted by molar-refractivity contribution is 6.30. The second-order valence-electron chi connectivity index (χ2n) is 10.1. The van der Waals surface area contributed by atoms with E-state index in [1.807, 2.05) is 40.1 Å². The number of nitrogens with one attached hydrogen (secondary N) is 1. The number of nitrogens with zero attached hydrogens (tertiary/aromatic N) is 3. The number of para-hydroxylation sites is 1. The maximum atomic E-state index is 14.4. The fourth-order valence-electron chi connectivity index (χ4n) is 6.04. The number of alkyl halides is 3. The lowest BCUT2D eigenvalue weighted by Gasteiger charge is -2.55. The highest BCUT2D eigenvalue weighted by Crippen LogP contribution is 2.48. The van der Waals surface area contributed by atoms with Crippen molar-refractivity contribution in [1.82, 2.24) is 5.32 Å². The molecule has 1 spiro atoms. The number of urea groups is 1. The van der Waals surface area contributed by atoms with Crippen molar-refractivity contribution >= 4 is 34.9 Å². The maximum absolute atomic E-state index is 14.4. The standard InChI is InChI=1S/C29H25F3N4O4/c1-40-22-10-8-21(9-11-22)36-26(38)28(25(37)33-27(36)39)16-18-15-19(29(30,31)32)7-12-23(18)35-14-13-34(17-24(28)35)20-5-3-2-4-6-20/h2-12,15,24H,13-14,16-17H2,1H3,(H,33,37,39)/t24-,28-/m0/s1. The summed E-state index contributed by atoms with van der Waals surface area (Å²) in [4.78, 5) is 46.0. The number of amides is 4. The number of rotatable bonds is 3. The van der Waals surface area contributed by atoms with Crippen LogP contribution in [0.5, 0.6) is 5.75 Å². The molecule has 11 heteroatoms. The van der Waals surface area contributed by atoms with Gasteiger partial charge >= 0.3 is 12.2 Å². The molecule has 3 aromatic rings. The molecule has 0 saturated carbocycles. The molecule has 0 unspecified atom stereocenters. The van der Waals surface area contributed by atoms with E-state index in [1.165, 1.54) is 25.3 Å². The molecule has 206 valence electrons. The molecule has 3 aromatic carbocycles. The van der Waals surface area contributed by atoms with Crippen LogP contribution in [0.15, 0.2) is 72.8 Å². The molecule has 6 rings (SSSR count). The third-order valence-electron chi connectivity index (χ3n) is 8.00. The van der Waals surface area contributed by atoms with Crippen LogP contribution in [0.4, 0.5) is 35.0 Å². The minimum absolute atomic E-state index is 0.215. The first-order valence-electron chi connectivity index (χ1n) is 12.7. The number of fused-ring (bicyclic) bond motifs is 4. The highest BCUT2D eigenvalue weighted by atomic mass is 19.4. The average Bonchev–Trinajstić information content (AvgIpc) is 2.95. The molecule has 8 nitrogen and oxygen atoms in total. The van der Waals surface area contributed by atoms with Crippen LogP contribution in [-0.4, -0.2) is 50.6 Å². The molecule has 3 aliphatic rings. The van der Waals surface area contributed by atoms with Crippen molar-refractivity contribution in [2.45, 2.75) is 18.6 Å². The summed E-state index contributed by atoms with van der Waals surface area (Å²) in [7, 11) is 1.48. The smallest absolute Gasteiger partial charge is 0.416 e. The zero-order valence-electron chi connectivity index (χ0n) is 21.4. The molecule has 4 amide bonds. The maximum Gasteiger partial charge on any atom is 0.416 e. The summed E-state index contributed by atoms with van der Waals surface area (Å²) < 4.78 is 46.2. The molecule has 2 fully saturated rings. The molecular weight excluding hydrogens is 525 g/mol. The Morgan fingerprint density at radius 3 is 2.33 bits per heavy atom. The summed E-state index contributed by atoms with van der Waals surface area (Å²) in [6.45, 7) is 1.12. The summed E-state index contributed by atoms with van der Waals surface area (Å²) in [5, 5.41) is 2.34. The number of anilines is 3. The van der Waals surface area contributed by atoms with Crippen LogP contribution in [0.25, 0.3) is 0 Å². The second kappa shape index (κ2) is 9.29. The summed E-state index contributed by atoms with van der Waals surface area (Å²) in [5.41, 5.74) is -0.848. The minimum Gasteiger partial charge on any atom is -0.497 e. The van der Waals surface area contributed by atoms with Crippen molar-refractivity contribution in [3.63, 3.8) is 0 Å². The third kappa shape index (κ3) is 3.95. The van der Waals surface area contributed by atoms with Crippen LogP contribution in [0.1, 0.15) is 11.1 Å². The first-order chi connectivity index (χ1) is 19.1. The van der Waals surface area contributed by atoms with Gasteiger partial charge in [-0.2, -0.15) is 13.2 Å². The van der Waals surface area contributed by atoms with E-state index < -0.39 is 41.0 Å². The van der Waals surface area contributed by atoms with Gasteiger partial charge in [0, 0.05) is 31.0 Å². The molecule has 0 aliphatic carbocycles. The van der Waals surface area contributed by atoms with Gasteiger partial charge in [-0.15, -0.1) is 0 Å². The van der Waals surface area contributed by atoms with E-state index in [4.69, 9.17) is 4.74 Å². The minimum atomic E-state index is -4.60. The van der Waals surface area contributed by atoms with E-state index >= 15 is 0 Å². The third-order valence-corrected chi connectivity index (χ3v) is 8.00. The van der Waals surface area contributed by atoms with E-state index in [0.717, 1.165) is 22.7 Å². The zero-order chi connectivity index (χ0) is 28.2. The largest absolute Gasteiger partial charge is 0.497 e. The lowest BCUT2D eigenvalue weighted by Crippen LogP contribution is -2.75. The number of hydrogen-bond acceptors (Lipinski definition) is 6. The zero-order valence-corrected chi connectivity index (χ0v) is 21.4. The van der Waals surface area contributed by atoms with Crippen molar-refractivity contribution in [2.24, 2.45) is 5.41 Å². The molecule has 0 bridgehead atoms. The van der Waals surface area contributed by atoms with E-state index in [-0.39, 0.29) is 24.2 Å². The van der Waals surface area contributed by atoms with Gasteiger partial charge in [0.1, 0.15) is 5.75 Å². The van der Waals surface area contributed by atoms with Gasteiger partial charge in [0.15, 0.2) is 5.41 Å². The van der Waals surface area contributed by atoms with Gasteiger partial charge in [0.05, 0.1) is 24.4 Å². The Kier molecular flexibility index (Phi) is 5.97. The van der Waals surface area contributed by atoms with Gasteiger partial charge in [-0.3, -0.25) is 14.9 Å². The fraction of sp³-hybridized carbons (Fsp3) is 0.276. The fourth-order valence-corrected chi connectivity index (χ4v) is 6.04. The number of benzene rings is 3. The molecule has 3 aliphatic heterocycles. The van der Waals surface area contributed by atoms with Crippen LogP contribution in [0.3, 0.4) is 0 Å². The predicted molar refractivity (Wildman–Crippen MR) is 141 cm³/mol. The molecule has 0 radical (unpaired) electrons. The number of barbiturate groups is 1. The number of carbonyl (C=O) groups is 3. The van der Waals surface area contributed by atoms with Crippen LogP contribution in [0.2, 0.25) is 0 Å². The number of halogens is 3. The Hall–Kier alpha value is -4.54. The van der Waals surface area contributed by atoms with Crippen molar-refractivity contribution in [3.8, 4) is 5.75 Å². The monoisotopic (exact) mass is 550 g/mol. The van der Waals surface area contributed by atoms with Gasteiger partial charge in [0.2, 0.25) is 5.91 Å². The molecule has 2 atom stereocenters. The predicted octanol–water partition coefficient (Wildman–Crippen LogP) is 4.23. The molecule has 3 heterocycles. The molecule has 0 aromatic heterocycles. The van der Waals surface area contributed by atoms with Gasteiger partial charge < -0.3 is 14.5 Å². The number of piperazine rings is 1. The number of carbonyl (C=O) groups excluding carboxylic acids is 3. The van der Waals surface area contributed by atoms with Gasteiger partial charge in [-0.05, 0) is 66.6 Å². The van der Waals surface area contributed by atoms with E-state index in [2.05, 4.69) is 5.32 Å². The Morgan fingerprint density at radius 2 is 1.65 bits per heavy atom. The molecular formula is C29H25F3N4O4. The van der Waals surface area contributed by atoms with Crippen molar-refractivity contribution in [1.29, 1.82) is 0 Å². The number of ether oxygens (including phenoxy) is 1. The van der Waals surface area contributed by atoms with Gasteiger partial charge in [0.25, 0.3) is 5.91 Å². The van der Waals surface area contributed by atoms with E-state index in [9.17, 15) is 27.6 Å².